The van der Waals surface area contributed by atoms with Crippen LogP contribution in [-0.4, -0.2) is 47.0 Å². The largest absolute Gasteiger partial charge is 0.368 e. The molecule has 1 saturated heterocycles. The van der Waals surface area contributed by atoms with Gasteiger partial charge in [0, 0.05) is 44.1 Å². The third-order valence-electron chi connectivity index (χ3n) is 5.70. The number of carbonyl (C=O) groups excluding carboxylic acids is 1. The molecule has 3 N–H and O–H groups in total. The lowest BCUT2D eigenvalue weighted by atomic mass is 10.1. The number of anilines is 2. The molecule has 1 heterocycles. The predicted molar refractivity (Wildman–Crippen MR) is 130 cm³/mol. The lowest BCUT2D eigenvalue weighted by Crippen LogP contribution is -2.44. The number of carbonyl (C=O) groups is 1. The fourth-order valence-electron chi connectivity index (χ4n) is 3.79. The Morgan fingerprint density at radius 3 is 2.34 bits per heavy atom. The number of rotatable bonds is 7. The topological polar surface area (TPSA) is 90.5 Å². The standard InChI is InChI=1S/C24H34N4O3S/c1-16(2)15-26-24(29)21-14-20(6-7-22(21)28-10-8-25-9-11-28)27-32(30,31)23-13-18(4)17(3)12-19(23)5/h6-7,12-14,16,25,27H,8-11,15H2,1-5H3,(H,26,29). The molecule has 7 nitrogen and oxygen atoms in total. The minimum Gasteiger partial charge on any atom is -0.368 e. The molecule has 0 radical (unpaired) electrons. The number of piperazine rings is 1. The number of hydrogen-bond donors (Lipinski definition) is 3. The smallest absolute Gasteiger partial charge is 0.262 e. The van der Waals surface area contributed by atoms with Crippen molar-refractivity contribution in [3.05, 3.63) is 52.6 Å². The lowest BCUT2D eigenvalue weighted by molar-refractivity contribution is 0.0949. The summed E-state index contributed by atoms with van der Waals surface area (Å²) in [5, 5.41) is 6.28. The van der Waals surface area contributed by atoms with E-state index in [0.717, 1.165) is 43.0 Å². The van der Waals surface area contributed by atoms with Gasteiger partial charge in [-0.15, -0.1) is 0 Å². The zero-order valence-corrected chi connectivity index (χ0v) is 20.4. The van der Waals surface area contributed by atoms with Gasteiger partial charge in [0.05, 0.1) is 10.5 Å². The summed E-state index contributed by atoms with van der Waals surface area (Å²) in [6.07, 6.45) is 0. The number of aryl methyl sites for hydroxylation is 3. The van der Waals surface area contributed by atoms with Crippen molar-refractivity contribution in [1.82, 2.24) is 10.6 Å². The maximum absolute atomic E-state index is 13.1. The maximum Gasteiger partial charge on any atom is 0.262 e. The summed E-state index contributed by atoms with van der Waals surface area (Å²) in [6, 6.07) is 8.77. The summed E-state index contributed by atoms with van der Waals surface area (Å²) in [5.41, 5.74) is 4.32. The van der Waals surface area contributed by atoms with Crippen LogP contribution >= 0.6 is 0 Å². The average Bonchev–Trinajstić information content (AvgIpc) is 2.74. The Morgan fingerprint density at radius 1 is 1.03 bits per heavy atom. The van der Waals surface area contributed by atoms with E-state index in [2.05, 4.69) is 20.3 Å². The van der Waals surface area contributed by atoms with Crippen LogP contribution in [0.1, 0.15) is 40.9 Å². The molecule has 0 saturated carbocycles. The van der Waals surface area contributed by atoms with E-state index in [1.165, 1.54) is 0 Å². The lowest BCUT2D eigenvalue weighted by Gasteiger charge is -2.31. The maximum atomic E-state index is 13.1. The molecule has 3 rings (SSSR count). The first-order valence-corrected chi connectivity index (χ1v) is 12.6. The van der Waals surface area contributed by atoms with Crippen LogP contribution in [-0.2, 0) is 10.0 Å². The van der Waals surface area contributed by atoms with E-state index < -0.39 is 10.0 Å². The summed E-state index contributed by atoms with van der Waals surface area (Å²) in [5.74, 6) is 0.117. The van der Waals surface area contributed by atoms with Crippen molar-refractivity contribution < 1.29 is 13.2 Å². The molecular formula is C24H34N4O3S. The van der Waals surface area contributed by atoms with Crippen molar-refractivity contribution in [1.29, 1.82) is 0 Å². The van der Waals surface area contributed by atoms with Gasteiger partial charge in [0.1, 0.15) is 0 Å². The molecule has 1 fully saturated rings. The SMILES string of the molecule is Cc1cc(C)c(S(=O)(=O)Nc2ccc(N3CCNCC3)c(C(=O)NCC(C)C)c2)cc1C. The molecule has 1 aliphatic rings. The van der Waals surface area contributed by atoms with Crippen LogP contribution < -0.4 is 20.3 Å². The van der Waals surface area contributed by atoms with E-state index in [-0.39, 0.29) is 10.8 Å². The first-order chi connectivity index (χ1) is 15.1. The van der Waals surface area contributed by atoms with Gasteiger partial charge in [0.15, 0.2) is 0 Å². The van der Waals surface area contributed by atoms with E-state index >= 15 is 0 Å². The summed E-state index contributed by atoms with van der Waals surface area (Å²) in [7, 11) is -3.79. The van der Waals surface area contributed by atoms with Gasteiger partial charge in [-0.1, -0.05) is 19.9 Å². The van der Waals surface area contributed by atoms with E-state index in [1.54, 1.807) is 25.1 Å². The highest BCUT2D eigenvalue weighted by Crippen LogP contribution is 2.28. The van der Waals surface area contributed by atoms with Gasteiger partial charge in [0.2, 0.25) is 0 Å². The van der Waals surface area contributed by atoms with Crippen LogP contribution in [0.3, 0.4) is 0 Å². The van der Waals surface area contributed by atoms with Gasteiger partial charge < -0.3 is 15.5 Å². The molecule has 1 amide bonds. The Bertz CT molecular complexity index is 1090. The van der Waals surface area contributed by atoms with Crippen molar-refractivity contribution in [3.63, 3.8) is 0 Å². The van der Waals surface area contributed by atoms with Gasteiger partial charge in [-0.3, -0.25) is 9.52 Å². The van der Waals surface area contributed by atoms with E-state index in [1.807, 2.05) is 39.8 Å². The molecule has 0 aromatic heterocycles. The van der Waals surface area contributed by atoms with Crippen LogP contribution in [0.5, 0.6) is 0 Å². The van der Waals surface area contributed by atoms with Gasteiger partial charge in [-0.05, 0) is 67.6 Å². The Kier molecular flexibility index (Phi) is 7.46. The molecule has 174 valence electrons. The molecule has 1 aliphatic heterocycles. The second-order valence-corrected chi connectivity index (χ2v) is 10.5. The molecule has 2 aromatic rings. The minimum absolute atomic E-state index is 0.198. The summed E-state index contributed by atoms with van der Waals surface area (Å²) in [6.45, 7) is 13.5. The van der Waals surface area contributed by atoms with E-state index in [9.17, 15) is 13.2 Å². The Morgan fingerprint density at radius 2 is 1.69 bits per heavy atom. The van der Waals surface area contributed by atoms with Gasteiger partial charge in [-0.25, -0.2) is 8.42 Å². The highest BCUT2D eigenvalue weighted by Gasteiger charge is 2.22. The molecule has 32 heavy (non-hydrogen) atoms. The highest BCUT2D eigenvalue weighted by molar-refractivity contribution is 7.92. The van der Waals surface area contributed by atoms with Crippen molar-refractivity contribution in [2.24, 2.45) is 5.92 Å². The molecule has 0 bridgehead atoms. The monoisotopic (exact) mass is 458 g/mol. The molecule has 8 heteroatoms. The van der Waals surface area contributed by atoms with Crippen molar-refractivity contribution in [2.75, 3.05) is 42.3 Å². The number of amides is 1. The van der Waals surface area contributed by atoms with Crippen molar-refractivity contribution >= 4 is 27.3 Å². The molecule has 0 unspecified atom stereocenters. The predicted octanol–water partition coefficient (Wildman–Crippen LogP) is 3.21. The zero-order chi connectivity index (χ0) is 23.5. The molecule has 2 aromatic carbocycles. The quantitative estimate of drug-likeness (QED) is 0.593. The van der Waals surface area contributed by atoms with Crippen LogP contribution in [0, 0.1) is 26.7 Å². The van der Waals surface area contributed by atoms with Crippen LogP contribution in [0.2, 0.25) is 0 Å². The van der Waals surface area contributed by atoms with Crippen molar-refractivity contribution in [2.45, 2.75) is 39.5 Å². The fourth-order valence-corrected chi connectivity index (χ4v) is 5.15. The van der Waals surface area contributed by atoms with E-state index in [4.69, 9.17) is 0 Å². The molecule has 0 aliphatic carbocycles. The first kappa shape index (κ1) is 24.1. The number of nitrogens with zero attached hydrogens (tertiary/aromatic N) is 1. The number of nitrogens with one attached hydrogen (secondary N) is 3. The average molecular weight is 459 g/mol. The second-order valence-electron chi connectivity index (χ2n) is 8.88. The number of sulfonamides is 1. The summed E-state index contributed by atoms with van der Waals surface area (Å²) >= 11 is 0. The molecular weight excluding hydrogens is 424 g/mol. The van der Waals surface area contributed by atoms with Crippen LogP contribution in [0.4, 0.5) is 11.4 Å². The Labute approximate surface area is 191 Å². The summed E-state index contributed by atoms with van der Waals surface area (Å²) < 4.78 is 29.0. The normalized spacial score (nSPS) is 14.5. The van der Waals surface area contributed by atoms with Crippen LogP contribution in [0.15, 0.2) is 35.2 Å². The van der Waals surface area contributed by atoms with Crippen molar-refractivity contribution in [3.8, 4) is 0 Å². The van der Waals surface area contributed by atoms with Crippen LogP contribution in [0.25, 0.3) is 0 Å². The first-order valence-electron chi connectivity index (χ1n) is 11.1. The Balaban J connectivity index is 1.95. The summed E-state index contributed by atoms with van der Waals surface area (Å²) in [4.78, 5) is 15.4. The zero-order valence-electron chi connectivity index (χ0n) is 19.6. The number of hydrogen-bond acceptors (Lipinski definition) is 5. The van der Waals surface area contributed by atoms with E-state index in [0.29, 0.717) is 29.3 Å². The van der Waals surface area contributed by atoms with Gasteiger partial charge in [0.25, 0.3) is 15.9 Å². The van der Waals surface area contributed by atoms with Gasteiger partial charge >= 0.3 is 0 Å². The fraction of sp³-hybridized carbons (Fsp3) is 0.458. The molecule has 0 spiro atoms. The molecule has 0 atom stereocenters. The van der Waals surface area contributed by atoms with Gasteiger partial charge in [-0.2, -0.15) is 0 Å². The Hall–Kier alpha value is -2.58. The second kappa shape index (κ2) is 9.92. The minimum atomic E-state index is -3.79. The highest BCUT2D eigenvalue weighted by atomic mass is 32.2. The number of benzene rings is 2. The third-order valence-corrected chi connectivity index (χ3v) is 7.23. The third kappa shape index (κ3) is 5.61.